The molecule has 2 aromatic heterocycles. The Balaban J connectivity index is 1.48. The van der Waals surface area contributed by atoms with Gasteiger partial charge in [0, 0.05) is 44.3 Å². The summed E-state index contributed by atoms with van der Waals surface area (Å²) in [4.78, 5) is 8.97. The lowest BCUT2D eigenvalue weighted by Crippen LogP contribution is -2.44. The van der Waals surface area contributed by atoms with E-state index in [1.165, 1.54) is 12.1 Å². The molecule has 0 radical (unpaired) electrons. The van der Waals surface area contributed by atoms with Crippen molar-refractivity contribution in [1.82, 2.24) is 14.5 Å². The molecule has 1 aromatic carbocycles. The third kappa shape index (κ3) is 4.85. The molecule has 6 nitrogen and oxygen atoms in total. The average molecular weight is 418 g/mol. The van der Waals surface area contributed by atoms with Gasteiger partial charge in [-0.3, -0.25) is 0 Å². The second-order valence-electron chi connectivity index (χ2n) is 7.01. The van der Waals surface area contributed by atoms with Gasteiger partial charge in [0.2, 0.25) is 0 Å². The predicted molar refractivity (Wildman–Crippen MR) is 106 cm³/mol. The van der Waals surface area contributed by atoms with Gasteiger partial charge in [-0.1, -0.05) is 0 Å². The Hall–Kier alpha value is -3.20. The molecule has 0 bridgehead atoms. The number of likely N-dealkylation sites (N-methyl/N-ethyl adjacent to an activating group) is 1. The fraction of sp³-hybridized carbons (Fsp3) is 0.286. The molecule has 0 aliphatic carbocycles. The van der Waals surface area contributed by atoms with Crippen LogP contribution in [0.4, 0.5) is 19.0 Å². The van der Waals surface area contributed by atoms with Crippen LogP contribution >= 0.6 is 0 Å². The smallest absolute Gasteiger partial charge is 0.452 e. The molecule has 0 saturated carbocycles. The van der Waals surface area contributed by atoms with Crippen LogP contribution < -0.4 is 14.4 Å². The van der Waals surface area contributed by atoms with E-state index in [4.69, 9.17) is 4.74 Å². The van der Waals surface area contributed by atoms with Gasteiger partial charge in [0.05, 0.1) is 6.20 Å². The van der Waals surface area contributed by atoms with Crippen LogP contribution in [0.2, 0.25) is 0 Å². The molecule has 4 rings (SSSR count). The zero-order valence-electron chi connectivity index (χ0n) is 16.3. The first-order valence-electron chi connectivity index (χ1n) is 9.48. The van der Waals surface area contributed by atoms with E-state index >= 15 is 0 Å². The number of halogens is 3. The van der Waals surface area contributed by atoms with Gasteiger partial charge in [-0.15, -0.1) is 13.2 Å². The molecule has 1 saturated heterocycles. The lowest BCUT2D eigenvalue weighted by Gasteiger charge is -2.33. The van der Waals surface area contributed by atoms with Gasteiger partial charge < -0.3 is 23.8 Å². The number of aromatic nitrogens is 2. The zero-order chi connectivity index (χ0) is 21.1. The van der Waals surface area contributed by atoms with Crippen LogP contribution in [-0.2, 0) is 0 Å². The Bertz CT molecular complexity index is 980. The van der Waals surface area contributed by atoms with Crippen LogP contribution in [0.3, 0.4) is 0 Å². The van der Waals surface area contributed by atoms with E-state index in [0.29, 0.717) is 17.2 Å². The van der Waals surface area contributed by atoms with E-state index in [1.54, 1.807) is 41.4 Å². The second kappa shape index (κ2) is 8.27. The van der Waals surface area contributed by atoms with Crippen molar-refractivity contribution in [3.05, 3.63) is 61.1 Å². The monoisotopic (exact) mass is 418 g/mol. The largest absolute Gasteiger partial charge is 0.573 e. The molecule has 3 aromatic rings. The quantitative estimate of drug-likeness (QED) is 0.618. The summed E-state index contributed by atoms with van der Waals surface area (Å²) in [6.45, 7) is 3.66. The first-order valence-corrected chi connectivity index (χ1v) is 9.48. The van der Waals surface area contributed by atoms with Gasteiger partial charge in [-0.05, 0) is 49.5 Å². The number of anilines is 1. The summed E-state index contributed by atoms with van der Waals surface area (Å²) in [5.74, 6) is 1.80. The summed E-state index contributed by atoms with van der Waals surface area (Å²) in [5, 5.41) is 0. The molecule has 0 amide bonds. The molecule has 1 aliphatic rings. The summed E-state index contributed by atoms with van der Waals surface area (Å²) in [7, 11) is 2.09. The fourth-order valence-corrected chi connectivity index (χ4v) is 3.26. The van der Waals surface area contributed by atoms with E-state index in [9.17, 15) is 13.2 Å². The van der Waals surface area contributed by atoms with Crippen LogP contribution in [0.25, 0.3) is 5.69 Å². The van der Waals surface area contributed by atoms with Crippen molar-refractivity contribution in [2.75, 3.05) is 38.1 Å². The molecule has 1 aliphatic heterocycles. The Labute approximate surface area is 172 Å². The Morgan fingerprint density at radius 1 is 0.933 bits per heavy atom. The number of benzene rings is 1. The molecule has 0 N–H and O–H groups in total. The van der Waals surface area contributed by atoms with E-state index in [2.05, 4.69) is 26.6 Å². The highest BCUT2D eigenvalue weighted by Gasteiger charge is 2.31. The normalized spacial score (nSPS) is 15.3. The van der Waals surface area contributed by atoms with Crippen LogP contribution in [0.5, 0.6) is 17.2 Å². The maximum absolute atomic E-state index is 12.3. The van der Waals surface area contributed by atoms with Gasteiger partial charge >= 0.3 is 6.36 Å². The summed E-state index contributed by atoms with van der Waals surface area (Å²) in [6, 6.07) is 11.1. The van der Waals surface area contributed by atoms with Crippen LogP contribution in [0.15, 0.2) is 61.1 Å². The highest BCUT2D eigenvalue weighted by atomic mass is 19.4. The van der Waals surface area contributed by atoms with Crippen LogP contribution in [0.1, 0.15) is 0 Å². The highest BCUT2D eigenvalue weighted by Crippen LogP contribution is 2.31. The van der Waals surface area contributed by atoms with Crippen LogP contribution in [-0.4, -0.2) is 54.0 Å². The van der Waals surface area contributed by atoms with Crippen molar-refractivity contribution in [3.8, 4) is 22.9 Å². The first kappa shape index (κ1) is 20.1. The Morgan fingerprint density at radius 2 is 1.67 bits per heavy atom. The molecular weight excluding hydrogens is 397 g/mol. The topological polar surface area (TPSA) is 42.8 Å². The lowest BCUT2D eigenvalue weighted by molar-refractivity contribution is -0.274. The first-order chi connectivity index (χ1) is 14.4. The lowest BCUT2D eigenvalue weighted by atomic mass is 10.3. The number of nitrogens with zero attached hydrogens (tertiary/aromatic N) is 4. The minimum absolute atomic E-state index is 0.262. The molecule has 0 atom stereocenters. The van der Waals surface area contributed by atoms with Crippen molar-refractivity contribution in [1.29, 1.82) is 0 Å². The van der Waals surface area contributed by atoms with Crippen molar-refractivity contribution < 1.29 is 22.6 Å². The van der Waals surface area contributed by atoms with Crippen molar-refractivity contribution in [2.24, 2.45) is 0 Å². The number of hydrogen-bond acceptors (Lipinski definition) is 5. The van der Waals surface area contributed by atoms with Crippen molar-refractivity contribution >= 4 is 5.82 Å². The molecule has 3 heterocycles. The molecule has 158 valence electrons. The molecule has 30 heavy (non-hydrogen) atoms. The minimum atomic E-state index is -4.71. The molecule has 9 heteroatoms. The van der Waals surface area contributed by atoms with Crippen LogP contribution in [0, 0.1) is 0 Å². The number of ether oxygens (including phenoxy) is 2. The summed E-state index contributed by atoms with van der Waals surface area (Å²) in [6.07, 6.45) is 0.582. The SMILES string of the molecule is CN1CCN(c2ncccc2Oc2ccn(-c3ccc(OC(F)(F)F)cc3)c2)CC1. The van der Waals surface area contributed by atoms with Gasteiger partial charge in [0.1, 0.15) is 11.5 Å². The molecule has 0 unspecified atom stereocenters. The molecule has 0 spiro atoms. The molecular formula is C21H21F3N4O2. The van der Waals surface area contributed by atoms with Gasteiger partial charge in [-0.2, -0.15) is 0 Å². The second-order valence-corrected chi connectivity index (χ2v) is 7.01. The van der Waals surface area contributed by atoms with Gasteiger partial charge in [-0.25, -0.2) is 4.98 Å². The number of alkyl halides is 3. The van der Waals surface area contributed by atoms with E-state index < -0.39 is 6.36 Å². The number of rotatable bonds is 5. The van der Waals surface area contributed by atoms with Crippen molar-refractivity contribution in [3.63, 3.8) is 0 Å². The summed E-state index contributed by atoms with van der Waals surface area (Å²) >= 11 is 0. The number of hydrogen-bond donors (Lipinski definition) is 0. The van der Waals surface area contributed by atoms with Gasteiger partial charge in [0.25, 0.3) is 0 Å². The van der Waals surface area contributed by atoms with Gasteiger partial charge in [0.15, 0.2) is 11.6 Å². The van der Waals surface area contributed by atoms with E-state index in [-0.39, 0.29) is 5.75 Å². The van der Waals surface area contributed by atoms with E-state index in [0.717, 1.165) is 32.0 Å². The summed E-state index contributed by atoms with van der Waals surface area (Å²) in [5.41, 5.74) is 0.685. The standard InChI is InChI=1S/C21H21F3N4O2/c1-26-11-13-27(14-12-26)20-19(3-2-9-25-20)29-18-8-10-28(15-18)16-4-6-17(7-5-16)30-21(22,23)24/h2-10,15H,11-14H2,1H3. The zero-order valence-corrected chi connectivity index (χ0v) is 16.3. The predicted octanol–water partition coefficient (Wildman–Crippen LogP) is 4.32. The Kier molecular flexibility index (Phi) is 5.54. The molecule has 1 fully saturated rings. The minimum Gasteiger partial charge on any atom is -0.452 e. The third-order valence-electron chi connectivity index (χ3n) is 4.82. The summed E-state index contributed by atoms with van der Waals surface area (Å²) < 4.78 is 48.7. The maximum Gasteiger partial charge on any atom is 0.573 e. The fourth-order valence-electron chi connectivity index (χ4n) is 3.26. The third-order valence-corrected chi connectivity index (χ3v) is 4.82. The van der Waals surface area contributed by atoms with E-state index in [1.807, 2.05) is 12.1 Å². The average Bonchev–Trinajstić information content (AvgIpc) is 3.17. The Morgan fingerprint density at radius 3 is 2.37 bits per heavy atom. The highest BCUT2D eigenvalue weighted by molar-refractivity contribution is 5.54. The van der Waals surface area contributed by atoms with Crippen molar-refractivity contribution in [2.45, 2.75) is 6.36 Å². The number of piperazine rings is 1. The maximum atomic E-state index is 12.3. The number of pyridine rings is 1.